The SMILES string of the molecule is c1ccc2c(c1)ccc1c2c2ccc3c4ccccc4oc3c2n1-c1ccc2ncsc2c1.c1ccc2c(c1)oc1c2c2ccccc2c2c1c1ccccc1n2-c1ccc2ncsc2c1.c1ccc2c(c1)oc1c2c2ccccc2c2c3ccccc3n(-c3ccc4ncsc4c3)c12.c1ccc2cc3c(cc2c1)c1cc2oc4ccccc4c2cc1n3-c1ccc2ncsc2c1. The molecule has 0 fully saturated rings. The Bertz CT molecular complexity index is 10500. The van der Waals surface area contributed by atoms with E-state index in [1.165, 1.54) is 149 Å². The molecule has 0 radical (unpaired) electrons. The second-order valence-electron chi connectivity index (χ2n) is 33.8. The van der Waals surface area contributed by atoms with Gasteiger partial charge < -0.3 is 35.9 Å². The van der Waals surface area contributed by atoms with Crippen molar-refractivity contribution in [2.75, 3.05) is 0 Å². The molecule has 20 aromatic carbocycles. The third kappa shape index (κ3) is 10.8. The predicted molar refractivity (Wildman–Crippen MR) is 555 cm³/mol. The smallest absolute Gasteiger partial charge is 0.160 e. The first-order valence-corrected chi connectivity index (χ1v) is 47.4. The highest BCUT2D eigenvalue weighted by Gasteiger charge is 2.28. The van der Waals surface area contributed by atoms with Crippen LogP contribution in [0.1, 0.15) is 0 Å². The molecule has 0 spiro atoms. The Kier molecular flexibility index (Phi) is 15.8. The maximum absolute atomic E-state index is 6.61. The molecule has 0 aliphatic heterocycles. The van der Waals surface area contributed by atoms with Crippen LogP contribution < -0.4 is 0 Å². The van der Waals surface area contributed by atoms with Crippen LogP contribution in [-0.2, 0) is 0 Å². The van der Waals surface area contributed by atoms with E-state index in [9.17, 15) is 0 Å². The lowest BCUT2D eigenvalue weighted by atomic mass is 9.99. The minimum atomic E-state index is 0.916. The molecule has 12 aromatic heterocycles. The molecule has 0 saturated heterocycles. The quantitative estimate of drug-likeness (QED) is 0.171. The lowest BCUT2D eigenvalue weighted by molar-refractivity contribution is 0.669. The maximum Gasteiger partial charge on any atom is 0.160 e. The standard InChI is InChI=1S/4C29H16N2OS/c1-2-8-19-18(7-1)26-21-10-4-6-12-24(21)32-29(26)27-20-9-3-5-11-23(20)31(28(19)27)17-13-14-22-25(15-17)33-16-30-22;1-2-8-19-18(7-1)26-20-9-3-5-11-23(20)31(17-13-14-22-25(15-17)33-16-30-22)28(26)29-27(19)21-10-4-6-12-24(21)32-29;1-2-6-19-17(5-1)9-14-24-27(19)22-12-11-21-20-7-3-4-8-25(20)32-29(21)28(22)31(24)18-10-13-23-26(15-18)33-16-30-23;1-2-6-18-12-25-21(11-17(18)5-1)22-15-28-23(20-7-3-4-8-27(20)32-28)14-26(22)31(25)19-9-10-24-29(13-19)33-16-30-24/h4*1-16H. The van der Waals surface area contributed by atoms with Gasteiger partial charge in [-0.3, -0.25) is 0 Å². The number of hydrogen-bond donors (Lipinski definition) is 0. The molecule has 0 aliphatic carbocycles. The van der Waals surface area contributed by atoms with Crippen LogP contribution >= 0.6 is 45.3 Å². The zero-order valence-corrected chi connectivity index (χ0v) is 73.1. The van der Waals surface area contributed by atoms with Crippen LogP contribution in [0.25, 0.3) is 282 Å². The summed E-state index contributed by atoms with van der Waals surface area (Å²) in [6.45, 7) is 0. The fraction of sp³-hybridized carbons (Fsp3) is 0. The lowest BCUT2D eigenvalue weighted by Gasteiger charge is -2.10. The Morgan fingerprint density at radius 2 is 0.576 bits per heavy atom. The summed E-state index contributed by atoms with van der Waals surface area (Å²) < 4.78 is 40.2. The molecule has 0 amide bonds. The molecule has 0 atom stereocenters. The van der Waals surface area contributed by atoms with E-state index >= 15 is 0 Å². The van der Waals surface area contributed by atoms with E-state index in [1.54, 1.807) is 45.3 Å². The Labute approximate surface area is 763 Å². The maximum atomic E-state index is 6.61. The van der Waals surface area contributed by atoms with E-state index in [-0.39, 0.29) is 0 Å². The number of nitrogens with zero attached hydrogens (tertiary/aromatic N) is 8. The topological polar surface area (TPSA) is 124 Å². The summed E-state index contributed by atoms with van der Waals surface area (Å²) in [5.74, 6) is 0. The van der Waals surface area contributed by atoms with Crippen molar-refractivity contribution in [3.8, 4) is 22.7 Å². The van der Waals surface area contributed by atoms with Crippen molar-refractivity contribution >= 4 is 304 Å². The fourth-order valence-electron chi connectivity index (χ4n) is 21.2. The van der Waals surface area contributed by atoms with Crippen molar-refractivity contribution < 1.29 is 17.7 Å². The second-order valence-corrected chi connectivity index (χ2v) is 37.4. The van der Waals surface area contributed by atoms with Gasteiger partial charge in [-0.1, -0.05) is 218 Å². The van der Waals surface area contributed by atoms with Crippen LogP contribution in [0.2, 0.25) is 0 Å². The van der Waals surface area contributed by atoms with E-state index in [4.69, 9.17) is 17.7 Å². The van der Waals surface area contributed by atoms with Crippen molar-refractivity contribution in [1.29, 1.82) is 0 Å². The van der Waals surface area contributed by atoms with Crippen LogP contribution in [0.15, 0.2) is 404 Å². The highest BCUT2D eigenvalue weighted by molar-refractivity contribution is 7.17. The Hall–Kier alpha value is -16.6. The van der Waals surface area contributed by atoms with Crippen molar-refractivity contribution in [2.45, 2.75) is 0 Å². The molecule has 0 bridgehead atoms. The fourth-order valence-corrected chi connectivity index (χ4v) is 24.1. The summed E-state index contributed by atoms with van der Waals surface area (Å²) >= 11 is 6.70. The molecule has 616 valence electrons. The highest BCUT2D eigenvalue weighted by Crippen LogP contribution is 2.51. The molecule has 16 heteroatoms. The molecule has 0 N–H and O–H groups in total. The van der Waals surface area contributed by atoms with E-state index in [2.05, 4.69) is 366 Å². The Balaban J connectivity index is 0.0000000862. The van der Waals surface area contributed by atoms with Gasteiger partial charge in [-0.15, -0.1) is 45.3 Å². The lowest BCUT2D eigenvalue weighted by Crippen LogP contribution is -1.94. The van der Waals surface area contributed by atoms with Gasteiger partial charge >= 0.3 is 0 Å². The summed E-state index contributed by atoms with van der Waals surface area (Å²) in [6.07, 6.45) is 0. The Morgan fingerprint density at radius 3 is 1.16 bits per heavy atom. The van der Waals surface area contributed by atoms with Crippen molar-refractivity contribution in [2.24, 2.45) is 0 Å². The van der Waals surface area contributed by atoms with Gasteiger partial charge in [0.05, 0.1) is 112 Å². The second kappa shape index (κ2) is 28.4. The van der Waals surface area contributed by atoms with Crippen molar-refractivity contribution in [3.63, 3.8) is 0 Å². The van der Waals surface area contributed by atoms with Gasteiger partial charge in [0.25, 0.3) is 0 Å². The van der Waals surface area contributed by atoms with Gasteiger partial charge in [-0.2, -0.15) is 0 Å². The first-order valence-electron chi connectivity index (χ1n) is 43.9. The molecule has 0 unspecified atom stereocenters. The van der Waals surface area contributed by atoms with E-state index < -0.39 is 0 Å². The van der Waals surface area contributed by atoms with E-state index in [0.29, 0.717) is 0 Å². The number of hydrogen-bond acceptors (Lipinski definition) is 12. The van der Waals surface area contributed by atoms with E-state index in [0.717, 1.165) is 133 Å². The van der Waals surface area contributed by atoms with Crippen LogP contribution in [0.4, 0.5) is 0 Å². The molecule has 12 nitrogen and oxygen atoms in total. The number of fused-ring (bicyclic) bond motifs is 40. The van der Waals surface area contributed by atoms with Crippen LogP contribution in [0, 0.1) is 0 Å². The molecule has 0 aliphatic rings. The van der Waals surface area contributed by atoms with Gasteiger partial charge in [-0.05, 0) is 183 Å². The van der Waals surface area contributed by atoms with Gasteiger partial charge in [-0.25, -0.2) is 19.9 Å². The van der Waals surface area contributed by atoms with E-state index in [1.807, 2.05) is 58.4 Å². The first kappa shape index (κ1) is 73.4. The summed E-state index contributed by atoms with van der Waals surface area (Å²) in [4.78, 5) is 17.9. The van der Waals surface area contributed by atoms with Gasteiger partial charge in [0, 0.05) is 109 Å². The first-order chi connectivity index (χ1) is 65.5. The Morgan fingerprint density at radius 1 is 0.182 bits per heavy atom. The largest absolute Gasteiger partial charge is 0.456 e. The summed E-state index contributed by atoms with van der Waals surface area (Å²) in [5, 5.41) is 28.9. The third-order valence-corrected chi connectivity index (χ3v) is 30.1. The van der Waals surface area contributed by atoms with Crippen LogP contribution in [-0.4, -0.2) is 38.2 Å². The monoisotopic (exact) mass is 1760 g/mol. The van der Waals surface area contributed by atoms with Gasteiger partial charge in [0.15, 0.2) is 11.2 Å². The molecule has 32 aromatic rings. The molecular weight excluding hydrogens is 1700 g/mol. The van der Waals surface area contributed by atoms with Gasteiger partial charge in [0.2, 0.25) is 0 Å². The molecular formula is C116H64N8O4S4. The summed E-state index contributed by atoms with van der Waals surface area (Å²) in [5.41, 5.74) is 33.1. The number of para-hydroxylation sites is 6. The minimum Gasteiger partial charge on any atom is -0.456 e. The minimum absolute atomic E-state index is 0.916. The number of rotatable bonds is 4. The molecule has 32 rings (SSSR count). The summed E-state index contributed by atoms with van der Waals surface area (Å²) in [6, 6.07) is 129. The zero-order valence-electron chi connectivity index (χ0n) is 69.8. The number of furan rings is 4. The summed E-state index contributed by atoms with van der Waals surface area (Å²) in [7, 11) is 0. The molecule has 0 saturated carbocycles. The van der Waals surface area contributed by atoms with Crippen LogP contribution in [0.5, 0.6) is 0 Å². The number of aromatic nitrogens is 8. The average molecular weight is 1760 g/mol. The number of thiazole rings is 4. The van der Waals surface area contributed by atoms with Crippen molar-refractivity contribution in [1.82, 2.24) is 38.2 Å². The molecule has 12 heterocycles. The highest BCUT2D eigenvalue weighted by atomic mass is 32.1. The third-order valence-electron chi connectivity index (χ3n) is 26.9. The van der Waals surface area contributed by atoms with Crippen molar-refractivity contribution in [3.05, 3.63) is 386 Å². The zero-order chi connectivity index (χ0) is 86.1. The van der Waals surface area contributed by atoms with Gasteiger partial charge in [0.1, 0.15) is 33.5 Å². The normalized spacial score (nSPS) is 12.2. The number of benzene rings is 20. The average Bonchev–Trinajstić information content (AvgIpc) is 1.53. The van der Waals surface area contributed by atoms with Crippen LogP contribution in [0.3, 0.4) is 0 Å². The molecule has 132 heavy (non-hydrogen) atoms. The predicted octanol–water partition coefficient (Wildman–Crippen LogP) is 33.8.